The van der Waals surface area contributed by atoms with E-state index in [9.17, 15) is 9.18 Å². The van der Waals surface area contributed by atoms with Crippen molar-refractivity contribution in [1.29, 1.82) is 0 Å². The van der Waals surface area contributed by atoms with Gasteiger partial charge in [0.25, 0.3) is 5.91 Å². The molecule has 2 aromatic carbocycles. The minimum absolute atomic E-state index is 0.228. The summed E-state index contributed by atoms with van der Waals surface area (Å²) in [4.78, 5) is 14.5. The number of unbranched alkanes of at least 4 members (excludes halogenated alkanes) is 1. The molecule has 0 bridgehead atoms. The lowest BCUT2D eigenvalue weighted by Gasteiger charge is -2.24. The van der Waals surface area contributed by atoms with Crippen molar-refractivity contribution >= 4 is 28.5 Å². The van der Waals surface area contributed by atoms with E-state index in [-0.39, 0.29) is 11.7 Å². The summed E-state index contributed by atoms with van der Waals surface area (Å²) in [6.07, 6.45) is 5.15. The number of fused-ring (bicyclic) bond motifs is 1. The third kappa shape index (κ3) is 4.48. The Morgan fingerprint density at radius 1 is 1.07 bits per heavy atom. The van der Waals surface area contributed by atoms with Crippen molar-refractivity contribution in [3.63, 3.8) is 0 Å². The molecule has 4 nitrogen and oxygen atoms in total. The Morgan fingerprint density at radius 3 is 2.56 bits per heavy atom. The number of benzene rings is 2. The van der Waals surface area contributed by atoms with Crippen molar-refractivity contribution in [2.75, 3.05) is 28.6 Å². The molecule has 0 aliphatic carbocycles. The van der Waals surface area contributed by atoms with Crippen LogP contribution in [0.15, 0.2) is 48.7 Å². The lowest BCUT2D eigenvalue weighted by atomic mass is 10.1. The summed E-state index contributed by atoms with van der Waals surface area (Å²) < 4.78 is 13.3. The molecule has 0 saturated heterocycles. The van der Waals surface area contributed by atoms with E-state index in [1.807, 2.05) is 12.1 Å². The van der Waals surface area contributed by atoms with Gasteiger partial charge in [-0.05, 0) is 55.3 Å². The van der Waals surface area contributed by atoms with E-state index in [1.54, 1.807) is 12.3 Å². The first-order chi connectivity index (χ1) is 13.1. The number of rotatable bonds is 8. The minimum Gasteiger partial charge on any atom is -0.372 e. The average molecular weight is 367 g/mol. The zero-order valence-electron chi connectivity index (χ0n) is 15.9. The Balaban J connectivity index is 1.72. The van der Waals surface area contributed by atoms with Gasteiger partial charge in [-0.3, -0.25) is 4.79 Å². The van der Waals surface area contributed by atoms with E-state index >= 15 is 0 Å². The third-order valence-electron chi connectivity index (χ3n) is 4.66. The topological polar surface area (TPSA) is 44.4 Å². The van der Waals surface area contributed by atoms with Crippen molar-refractivity contribution in [2.45, 2.75) is 33.1 Å². The van der Waals surface area contributed by atoms with Crippen molar-refractivity contribution in [1.82, 2.24) is 0 Å². The van der Waals surface area contributed by atoms with Crippen LogP contribution in [0.5, 0.6) is 0 Å². The molecule has 1 aliphatic rings. The fraction of sp³-hybridized carbons (Fsp3) is 0.318. The Hall–Kier alpha value is -2.82. The molecule has 1 amide bonds. The van der Waals surface area contributed by atoms with Crippen LogP contribution >= 0.6 is 0 Å². The van der Waals surface area contributed by atoms with Gasteiger partial charge in [0.1, 0.15) is 5.82 Å². The molecule has 0 fully saturated rings. The van der Waals surface area contributed by atoms with E-state index < -0.39 is 0 Å². The maximum Gasteiger partial charge on any atom is 0.257 e. The Kier molecular flexibility index (Phi) is 6.12. The second kappa shape index (κ2) is 8.71. The van der Waals surface area contributed by atoms with E-state index in [0.717, 1.165) is 25.2 Å². The molecule has 0 radical (unpaired) electrons. The van der Waals surface area contributed by atoms with Gasteiger partial charge in [-0.2, -0.15) is 0 Å². The van der Waals surface area contributed by atoms with Crippen LogP contribution in [-0.2, 0) is 4.79 Å². The van der Waals surface area contributed by atoms with Gasteiger partial charge in [0.2, 0.25) is 0 Å². The molecule has 0 spiro atoms. The standard InChI is InChI=1S/C22H26FN3O/c1-3-5-13-26(12-4-2)18-9-7-17(8-10-18)24-15-20-19-11-6-16(23)14-21(19)25-22(20)27/h6-11,14-15,24H,3-5,12-13H2,1-2H3,(H,25,27). The first-order valence-corrected chi connectivity index (χ1v) is 9.55. The van der Waals surface area contributed by atoms with Crippen molar-refractivity contribution in [3.05, 3.63) is 60.0 Å². The molecule has 1 aliphatic heterocycles. The third-order valence-corrected chi connectivity index (χ3v) is 4.66. The summed E-state index contributed by atoms with van der Waals surface area (Å²) in [5.41, 5.74) is 3.84. The first kappa shape index (κ1) is 19.0. The monoisotopic (exact) mass is 367 g/mol. The minimum atomic E-state index is -0.362. The molecular weight excluding hydrogens is 341 g/mol. The number of carbonyl (C=O) groups is 1. The number of halogens is 1. The Labute approximate surface area is 160 Å². The highest BCUT2D eigenvalue weighted by molar-refractivity contribution is 6.31. The fourth-order valence-electron chi connectivity index (χ4n) is 3.22. The predicted molar refractivity (Wildman–Crippen MR) is 110 cm³/mol. The quantitative estimate of drug-likeness (QED) is 0.627. The highest BCUT2D eigenvalue weighted by atomic mass is 19.1. The number of hydrogen-bond acceptors (Lipinski definition) is 3. The van der Waals surface area contributed by atoms with Crippen molar-refractivity contribution in [2.24, 2.45) is 0 Å². The van der Waals surface area contributed by atoms with Gasteiger partial charge in [0.05, 0.1) is 11.3 Å². The van der Waals surface area contributed by atoms with Crippen molar-refractivity contribution < 1.29 is 9.18 Å². The normalized spacial score (nSPS) is 14.2. The Morgan fingerprint density at radius 2 is 1.85 bits per heavy atom. The van der Waals surface area contributed by atoms with Gasteiger partial charge < -0.3 is 15.5 Å². The second-order valence-corrected chi connectivity index (χ2v) is 6.73. The van der Waals surface area contributed by atoms with Gasteiger partial charge in [0.15, 0.2) is 0 Å². The number of amides is 1. The summed E-state index contributed by atoms with van der Waals surface area (Å²) >= 11 is 0. The lowest BCUT2D eigenvalue weighted by Crippen LogP contribution is -2.25. The highest BCUT2D eigenvalue weighted by Gasteiger charge is 2.24. The van der Waals surface area contributed by atoms with Crippen LogP contribution in [0.25, 0.3) is 5.57 Å². The molecular formula is C22H26FN3O. The second-order valence-electron chi connectivity index (χ2n) is 6.73. The van der Waals surface area contributed by atoms with E-state index in [4.69, 9.17) is 0 Å². The Bertz CT molecular complexity index is 830. The van der Waals surface area contributed by atoms with Crippen LogP contribution in [-0.4, -0.2) is 19.0 Å². The molecule has 142 valence electrons. The van der Waals surface area contributed by atoms with Gasteiger partial charge in [-0.25, -0.2) is 4.39 Å². The number of carbonyl (C=O) groups excluding carboxylic acids is 1. The lowest BCUT2D eigenvalue weighted by molar-refractivity contribution is -0.110. The number of nitrogens with zero attached hydrogens (tertiary/aromatic N) is 1. The molecule has 1 heterocycles. The smallest absolute Gasteiger partial charge is 0.257 e. The summed E-state index contributed by atoms with van der Waals surface area (Å²) in [6, 6.07) is 12.5. The zero-order chi connectivity index (χ0) is 19.2. The largest absolute Gasteiger partial charge is 0.372 e. The molecule has 0 unspecified atom stereocenters. The highest BCUT2D eigenvalue weighted by Crippen LogP contribution is 2.32. The van der Waals surface area contributed by atoms with Crippen LogP contribution < -0.4 is 15.5 Å². The fourth-order valence-corrected chi connectivity index (χ4v) is 3.22. The van der Waals surface area contributed by atoms with E-state index in [2.05, 4.69) is 41.5 Å². The van der Waals surface area contributed by atoms with Crippen LogP contribution in [0.4, 0.5) is 21.5 Å². The summed E-state index contributed by atoms with van der Waals surface area (Å²) in [7, 11) is 0. The first-order valence-electron chi connectivity index (χ1n) is 9.55. The summed E-state index contributed by atoms with van der Waals surface area (Å²) in [5, 5.41) is 5.87. The van der Waals surface area contributed by atoms with Crippen LogP contribution in [0, 0.1) is 5.82 Å². The predicted octanol–water partition coefficient (Wildman–Crippen LogP) is 5.25. The number of anilines is 3. The van der Waals surface area contributed by atoms with Gasteiger partial charge in [0, 0.05) is 36.2 Å². The molecule has 2 N–H and O–H groups in total. The molecule has 3 rings (SSSR count). The summed E-state index contributed by atoms with van der Waals surface area (Å²) in [6.45, 7) is 6.51. The van der Waals surface area contributed by atoms with Gasteiger partial charge in [-0.1, -0.05) is 20.3 Å². The average Bonchev–Trinajstić information content (AvgIpc) is 2.98. The van der Waals surface area contributed by atoms with E-state index in [0.29, 0.717) is 16.8 Å². The molecule has 0 aromatic heterocycles. The van der Waals surface area contributed by atoms with Crippen molar-refractivity contribution in [3.8, 4) is 0 Å². The molecule has 5 heteroatoms. The van der Waals surface area contributed by atoms with E-state index in [1.165, 1.54) is 30.7 Å². The van der Waals surface area contributed by atoms with Gasteiger partial charge >= 0.3 is 0 Å². The summed E-state index contributed by atoms with van der Waals surface area (Å²) in [5.74, 6) is -0.591. The van der Waals surface area contributed by atoms with Crippen LogP contribution in [0.2, 0.25) is 0 Å². The molecule has 27 heavy (non-hydrogen) atoms. The number of nitrogens with one attached hydrogen (secondary N) is 2. The maximum atomic E-state index is 13.3. The molecule has 0 atom stereocenters. The van der Waals surface area contributed by atoms with Crippen LogP contribution in [0.1, 0.15) is 38.7 Å². The molecule has 0 saturated carbocycles. The van der Waals surface area contributed by atoms with Gasteiger partial charge in [-0.15, -0.1) is 0 Å². The zero-order valence-corrected chi connectivity index (χ0v) is 15.9. The van der Waals surface area contributed by atoms with Crippen LogP contribution in [0.3, 0.4) is 0 Å². The SMILES string of the molecule is CCCCN(CCC)c1ccc(NC=C2C(=O)Nc3cc(F)ccc32)cc1. The maximum absolute atomic E-state index is 13.3. The molecule has 2 aromatic rings. The number of hydrogen-bond donors (Lipinski definition) is 2.